The summed E-state index contributed by atoms with van der Waals surface area (Å²) in [6, 6.07) is 7.43. The van der Waals surface area contributed by atoms with Crippen LogP contribution in [0.1, 0.15) is 50.2 Å². The molecule has 26 heavy (non-hydrogen) atoms. The molecule has 6 heteroatoms. The van der Waals surface area contributed by atoms with Crippen LogP contribution in [-0.2, 0) is 14.3 Å². The van der Waals surface area contributed by atoms with Crippen LogP contribution in [0.15, 0.2) is 30.3 Å². The van der Waals surface area contributed by atoms with Gasteiger partial charge >= 0.3 is 17.9 Å². The maximum absolute atomic E-state index is 14.4. The molecule has 1 aromatic rings. The molecule has 0 amide bonds. The second-order valence-electron chi connectivity index (χ2n) is 8.32. The van der Waals surface area contributed by atoms with Crippen LogP contribution in [0.3, 0.4) is 0 Å². The molecule has 4 saturated carbocycles. The third-order valence-corrected chi connectivity index (χ3v) is 6.41. The summed E-state index contributed by atoms with van der Waals surface area (Å²) in [4.78, 5) is 24.1. The van der Waals surface area contributed by atoms with E-state index in [9.17, 15) is 18.4 Å². The van der Waals surface area contributed by atoms with Gasteiger partial charge in [0.25, 0.3) is 0 Å². The zero-order valence-electron chi connectivity index (χ0n) is 14.4. The molecule has 1 aromatic carbocycles. The zero-order chi connectivity index (χ0) is 18.5. The van der Waals surface area contributed by atoms with Gasteiger partial charge < -0.3 is 9.84 Å². The molecule has 0 aliphatic heterocycles. The second kappa shape index (κ2) is 6.03. The van der Waals surface area contributed by atoms with Crippen molar-refractivity contribution in [2.24, 2.45) is 23.2 Å². The minimum absolute atomic E-state index is 0.00187. The number of carbonyl (C=O) groups is 2. The quantitative estimate of drug-likeness (QED) is 0.795. The Labute approximate surface area is 150 Å². The number of esters is 1. The minimum atomic E-state index is -4.18. The van der Waals surface area contributed by atoms with Crippen LogP contribution in [0, 0.1) is 23.2 Å². The Morgan fingerprint density at radius 1 is 1.04 bits per heavy atom. The molecule has 4 aliphatic carbocycles. The number of hydrogen-bond acceptors (Lipinski definition) is 3. The summed E-state index contributed by atoms with van der Waals surface area (Å²) < 4.78 is 34.0. The summed E-state index contributed by atoms with van der Waals surface area (Å²) in [5, 5.41) is 8.98. The van der Waals surface area contributed by atoms with E-state index in [1.54, 1.807) is 6.07 Å². The summed E-state index contributed by atoms with van der Waals surface area (Å²) >= 11 is 0. The molecule has 4 nitrogen and oxygen atoms in total. The van der Waals surface area contributed by atoms with Crippen molar-refractivity contribution in [3.63, 3.8) is 0 Å². The summed E-state index contributed by atoms with van der Waals surface area (Å²) in [5.41, 5.74) is -0.714. The number of carbonyl (C=O) groups excluding carboxylic acids is 1. The van der Waals surface area contributed by atoms with Crippen LogP contribution in [0.2, 0.25) is 0 Å². The number of alkyl halides is 2. The Morgan fingerprint density at radius 3 is 2.00 bits per heavy atom. The van der Waals surface area contributed by atoms with Crippen molar-refractivity contribution in [1.82, 2.24) is 0 Å². The molecule has 1 atom stereocenters. The maximum atomic E-state index is 14.4. The van der Waals surface area contributed by atoms with E-state index in [1.165, 1.54) is 24.3 Å². The molecule has 4 fully saturated rings. The zero-order valence-corrected chi connectivity index (χ0v) is 14.4. The van der Waals surface area contributed by atoms with E-state index in [0.29, 0.717) is 37.0 Å². The van der Waals surface area contributed by atoms with Gasteiger partial charge in [0.2, 0.25) is 6.10 Å². The predicted octanol–water partition coefficient (Wildman–Crippen LogP) is 4.21. The average molecular weight is 364 g/mol. The highest BCUT2D eigenvalue weighted by Crippen LogP contribution is 2.60. The highest BCUT2D eigenvalue weighted by Gasteiger charge is 2.58. The van der Waals surface area contributed by atoms with Crippen LogP contribution in [0.4, 0.5) is 8.78 Å². The van der Waals surface area contributed by atoms with Gasteiger partial charge in [-0.15, -0.1) is 0 Å². The van der Waals surface area contributed by atoms with Gasteiger partial charge in [0, 0.05) is 0 Å². The first-order valence-corrected chi connectivity index (χ1v) is 9.17. The first kappa shape index (κ1) is 17.4. The van der Waals surface area contributed by atoms with E-state index in [4.69, 9.17) is 9.84 Å². The number of halogens is 2. The molecule has 4 bridgehead atoms. The standard InChI is InChI=1S/C20H22F2O4/c21-20(22,17(23)24)16(15-4-2-1-3-5-15)26-18(25)19-9-12-6-13(10-19)8-14(7-12)11-19/h1-5,12-14,16H,6-11H2,(H,23,24). The molecule has 1 unspecified atom stereocenters. The molecular weight excluding hydrogens is 342 g/mol. The van der Waals surface area contributed by atoms with Crippen molar-refractivity contribution in [2.45, 2.75) is 50.6 Å². The Morgan fingerprint density at radius 2 is 1.54 bits per heavy atom. The topological polar surface area (TPSA) is 63.6 Å². The molecule has 0 saturated heterocycles. The smallest absolute Gasteiger partial charge is 0.382 e. The lowest BCUT2D eigenvalue weighted by molar-refractivity contribution is -0.207. The average Bonchev–Trinajstić information content (AvgIpc) is 2.58. The summed E-state index contributed by atoms with van der Waals surface area (Å²) in [6.45, 7) is 0. The van der Waals surface area contributed by atoms with Crippen LogP contribution in [0.5, 0.6) is 0 Å². The number of carboxylic acids is 1. The van der Waals surface area contributed by atoms with Gasteiger partial charge in [-0.1, -0.05) is 30.3 Å². The van der Waals surface area contributed by atoms with Gasteiger partial charge in [-0.3, -0.25) is 4.79 Å². The van der Waals surface area contributed by atoms with Crippen LogP contribution in [0.25, 0.3) is 0 Å². The highest BCUT2D eigenvalue weighted by atomic mass is 19.3. The monoisotopic (exact) mass is 364 g/mol. The van der Waals surface area contributed by atoms with E-state index in [-0.39, 0.29) is 5.56 Å². The number of aliphatic carboxylic acids is 1. The molecule has 0 radical (unpaired) electrons. The fraction of sp³-hybridized carbons (Fsp3) is 0.600. The molecule has 4 aliphatic rings. The molecule has 1 N–H and O–H groups in total. The molecule has 0 aromatic heterocycles. The first-order valence-electron chi connectivity index (χ1n) is 9.17. The number of hydrogen-bond donors (Lipinski definition) is 1. The van der Waals surface area contributed by atoms with Crippen molar-refractivity contribution < 1.29 is 28.2 Å². The SMILES string of the molecule is O=C(OC(c1ccccc1)C(F)(F)C(=O)O)C12CC3CC(CC(C3)C1)C2. The van der Waals surface area contributed by atoms with Crippen LogP contribution < -0.4 is 0 Å². The molecule has 5 rings (SSSR count). The van der Waals surface area contributed by atoms with Gasteiger partial charge in [-0.2, -0.15) is 8.78 Å². The lowest BCUT2D eigenvalue weighted by atomic mass is 9.49. The second-order valence-corrected chi connectivity index (χ2v) is 8.32. The third-order valence-electron chi connectivity index (χ3n) is 6.41. The summed E-state index contributed by atoms with van der Waals surface area (Å²) in [6.07, 6.45) is 3.26. The molecule has 140 valence electrons. The Balaban J connectivity index is 1.62. The number of ether oxygens (including phenoxy) is 1. The van der Waals surface area contributed by atoms with Gasteiger partial charge in [-0.25, -0.2) is 4.79 Å². The lowest BCUT2D eigenvalue weighted by Gasteiger charge is -2.55. The van der Waals surface area contributed by atoms with Crippen molar-refractivity contribution >= 4 is 11.9 Å². The predicted molar refractivity (Wildman–Crippen MR) is 88.5 cm³/mol. The van der Waals surface area contributed by atoms with Crippen molar-refractivity contribution in [1.29, 1.82) is 0 Å². The van der Waals surface area contributed by atoms with Gasteiger partial charge in [-0.05, 0) is 61.8 Å². The summed E-state index contributed by atoms with van der Waals surface area (Å²) in [7, 11) is 0. The van der Waals surface area contributed by atoms with Gasteiger partial charge in [0.05, 0.1) is 5.41 Å². The Bertz CT molecular complexity index is 680. The number of benzene rings is 1. The van der Waals surface area contributed by atoms with E-state index < -0.39 is 29.4 Å². The minimum Gasteiger partial charge on any atom is -0.477 e. The van der Waals surface area contributed by atoms with Crippen molar-refractivity contribution in [2.75, 3.05) is 0 Å². The highest BCUT2D eigenvalue weighted by molar-refractivity contribution is 5.80. The first-order chi connectivity index (χ1) is 12.3. The molecule has 0 heterocycles. The fourth-order valence-corrected chi connectivity index (χ4v) is 5.68. The van der Waals surface area contributed by atoms with Gasteiger partial charge in [0.1, 0.15) is 0 Å². The Kier molecular flexibility index (Phi) is 4.04. The third kappa shape index (κ3) is 2.79. The maximum Gasteiger partial charge on any atom is 0.382 e. The number of carboxylic acid groups (broad SMARTS) is 1. The van der Waals surface area contributed by atoms with Crippen molar-refractivity contribution in [3.05, 3.63) is 35.9 Å². The number of rotatable bonds is 5. The van der Waals surface area contributed by atoms with Gasteiger partial charge in [0.15, 0.2) is 0 Å². The van der Waals surface area contributed by atoms with Crippen molar-refractivity contribution in [3.8, 4) is 0 Å². The van der Waals surface area contributed by atoms with Crippen LogP contribution >= 0.6 is 0 Å². The Hall–Kier alpha value is -1.98. The van der Waals surface area contributed by atoms with E-state index >= 15 is 0 Å². The van der Waals surface area contributed by atoms with E-state index in [1.807, 2.05) is 0 Å². The lowest BCUT2D eigenvalue weighted by Crippen LogP contribution is -2.51. The fourth-order valence-electron chi connectivity index (χ4n) is 5.68. The van der Waals surface area contributed by atoms with E-state index in [2.05, 4.69) is 0 Å². The molecule has 0 spiro atoms. The normalized spacial score (nSPS) is 33.7. The van der Waals surface area contributed by atoms with E-state index in [0.717, 1.165) is 19.3 Å². The summed E-state index contributed by atoms with van der Waals surface area (Å²) in [5.74, 6) is -5.73. The van der Waals surface area contributed by atoms with Crippen LogP contribution in [-0.4, -0.2) is 23.0 Å². The molecular formula is C20H22F2O4. The largest absolute Gasteiger partial charge is 0.477 e.